The number of ether oxygens (including phenoxy) is 2. The van der Waals surface area contributed by atoms with Gasteiger partial charge in [-0.1, -0.05) is 11.8 Å². The van der Waals surface area contributed by atoms with Crippen LogP contribution in [0.2, 0.25) is 0 Å². The molecule has 1 rings (SSSR count). The number of amides is 1. The van der Waals surface area contributed by atoms with Gasteiger partial charge in [0.15, 0.2) is 10.9 Å². The zero-order chi connectivity index (χ0) is 9.14. The van der Waals surface area contributed by atoms with E-state index in [1.165, 1.54) is 6.92 Å². The Labute approximate surface area is 73.6 Å². The van der Waals surface area contributed by atoms with Crippen molar-refractivity contribution in [2.75, 3.05) is 6.61 Å². The molecular weight excluding hydrogens is 182 g/mol. The van der Waals surface area contributed by atoms with Gasteiger partial charge in [0.1, 0.15) is 0 Å². The van der Waals surface area contributed by atoms with Crippen LogP contribution in [-0.4, -0.2) is 29.4 Å². The van der Waals surface area contributed by atoms with Crippen molar-refractivity contribution in [2.24, 2.45) is 5.73 Å². The van der Waals surface area contributed by atoms with Crippen molar-refractivity contribution in [1.82, 2.24) is 0 Å². The summed E-state index contributed by atoms with van der Waals surface area (Å²) in [6.45, 7) is 1.52. The van der Waals surface area contributed by atoms with Gasteiger partial charge in [-0.05, 0) is 0 Å². The van der Waals surface area contributed by atoms with Crippen molar-refractivity contribution in [2.45, 2.75) is 17.8 Å². The monoisotopic (exact) mass is 191 g/mol. The minimum Gasteiger partial charge on any atom is -0.449 e. The first-order valence-electron chi connectivity index (χ1n) is 3.33. The smallest absolute Gasteiger partial charge is 0.303 e. The largest absolute Gasteiger partial charge is 0.449 e. The van der Waals surface area contributed by atoms with Gasteiger partial charge in [0, 0.05) is 6.92 Å². The summed E-state index contributed by atoms with van der Waals surface area (Å²) in [6, 6.07) is 0. The molecule has 2 unspecified atom stereocenters. The Hall–Kier alpha value is -0.750. The molecule has 12 heavy (non-hydrogen) atoms. The first kappa shape index (κ1) is 9.34. The molecule has 1 saturated heterocycles. The Bertz CT molecular complexity index is 208. The van der Waals surface area contributed by atoms with Gasteiger partial charge in [0.25, 0.3) is 5.91 Å². The second-order valence-electron chi connectivity index (χ2n) is 2.24. The zero-order valence-electron chi connectivity index (χ0n) is 6.48. The Morgan fingerprint density at radius 2 is 2.33 bits per heavy atom. The number of carbonyl (C=O) groups is 2. The minimum atomic E-state index is -0.686. The molecule has 0 aromatic heterocycles. The standard InChI is InChI=1S/C6H9NO4S/c1-3(8)11-4-2-10-6(12-4)5(7)9/h4,6H,2H2,1H3,(H2,7,9). The molecule has 1 heterocycles. The van der Waals surface area contributed by atoms with Crippen LogP contribution in [0, 0.1) is 0 Å². The number of rotatable bonds is 2. The molecule has 0 bridgehead atoms. The number of nitrogens with two attached hydrogens (primary N) is 1. The summed E-state index contributed by atoms with van der Waals surface area (Å²) in [5.41, 5.74) is 3.88. The molecule has 0 aliphatic carbocycles. The van der Waals surface area contributed by atoms with Crippen molar-refractivity contribution in [3.05, 3.63) is 0 Å². The summed E-state index contributed by atoms with van der Waals surface area (Å²) >= 11 is 1.11. The third kappa shape index (κ3) is 2.38. The summed E-state index contributed by atoms with van der Waals surface area (Å²) in [5, 5.41) is 0. The SMILES string of the molecule is CC(=O)OC1COC(C(N)=O)S1. The van der Waals surface area contributed by atoms with Crippen molar-refractivity contribution in [3.8, 4) is 0 Å². The molecule has 2 N–H and O–H groups in total. The van der Waals surface area contributed by atoms with E-state index in [9.17, 15) is 9.59 Å². The normalized spacial score (nSPS) is 28.4. The molecule has 0 aromatic carbocycles. The first-order valence-corrected chi connectivity index (χ1v) is 4.27. The van der Waals surface area contributed by atoms with Crippen LogP contribution in [0.1, 0.15) is 6.92 Å². The predicted octanol–water partition coefficient (Wildman–Crippen LogP) is -0.550. The van der Waals surface area contributed by atoms with Crippen LogP contribution < -0.4 is 5.73 Å². The molecule has 1 amide bonds. The molecule has 1 aliphatic rings. The third-order valence-electron chi connectivity index (χ3n) is 1.19. The summed E-state index contributed by atoms with van der Waals surface area (Å²) in [4.78, 5) is 21.0. The molecule has 1 fully saturated rings. The zero-order valence-corrected chi connectivity index (χ0v) is 7.30. The van der Waals surface area contributed by atoms with Crippen molar-refractivity contribution in [3.63, 3.8) is 0 Å². The maximum absolute atomic E-state index is 10.6. The van der Waals surface area contributed by atoms with E-state index in [0.29, 0.717) is 0 Å². The van der Waals surface area contributed by atoms with E-state index < -0.39 is 16.8 Å². The molecule has 0 radical (unpaired) electrons. The van der Waals surface area contributed by atoms with Gasteiger partial charge in [-0.15, -0.1) is 0 Å². The van der Waals surface area contributed by atoms with Gasteiger partial charge in [-0.2, -0.15) is 0 Å². The number of thioether (sulfide) groups is 1. The number of primary amides is 1. The minimum absolute atomic E-state index is 0.220. The van der Waals surface area contributed by atoms with Gasteiger partial charge in [-0.25, -0.2) is 0 Å². The van der Waals surface area contributed by atoms with E-state index in [0.717, 1.165) is 11.8 Å². The van der Waals surface area contributed by atoms with Gasteiger partial charge >= 0.3 is 5.97 Å². The molecule has 0 spiro atoms. The molecule has 68 valence electrons. The average Bonchev–Trinajstić information content (AvgIpc) is 2.34. The Balaban J connectivity index is 2.35. The number of hydrogen-bond donors (Lipinski definition) is 1. The molecule has 0 saturated carbocycles. The van der Waals surface area contributed by atoms with Crippen LogP contribution in [0.15, 0.2) is 0 Å². The molecule has 5 nitrogen and oxygen atoms in total. The van der Waals surface area contributed by atoms with Crippen LogP contribution in [-0.2, 0) is 19.1 Å². The highest BCUT2D eigenvalue weighted by molar-refractivity contribution is 8.01. The summed E-state index contributed by atoms with van der Waals surface area (Å²) in [6.07, 6.45) is 0. The van der Waals surface area contributed by atoms with Gasteiger partial charge in [-0.3, -0.25) is 9.59 Å². The van der Waals surface area contributed by atoms with E-state index >= 15 is 0 Å². The Morgan fingerprint density at radius 3 is 2.75 bits per heavy atom. The Morgan fingerprint density at radius 1 is 1.67 bits per heavy atom. The van der Waals surface area contributed by atoms with Gasteiger partial charge < -0.3 is 15.2 Å². The lowest BCUT2D eigenvalue weighted by molar-refractivity contribution is -0.143. The quantitative estimate of drug-likeness (QED) is 0.592. The molecule has 2 atom stereocenters. The van der Waals surface area contributed by atoms with E-state index in [2.05, 4.69) is 0 Å². The fraction of sp³-hybridized carbons (Fsp3) is 0.667. The van der Waals surface area contributed by atoms with Crippen LogP contribution in [0.3, 0.4) is 0 Å². The van der Waals surface area contributed by atoms with Crippen LogP contribution in [0.5, 0.6) is 0 Å². The van der Waals surface area contributed by atoms with Crippen molar-refractivity contribution < 1.29 is 19.1 Å². The molecule has 6 heteroatoms. The van der Waals surface area contributed by atoms with Crippen molar-refractivity contribution in [1.29, 1.82) is 0 Å². The highest BCUT2D eigenvalue weighted by Crippen LogP contribution is 2.27. The number of esters is 1. The van der Waals surface area contributed by atoms with Crippen molar-refractivity contribution >= 4 is 23.6 Å². The van der Waals surface area contributed by atoms with Crippen LogP contribution in [0.4, 0.5) is 0 Å². The lowest BCUT2D eigenvalue weighted by Crippen LogP contribution is -2.24. The Kier molecular flexibility index (Phi) is 2.93. The number of carbonyl (C=O) groups excluding carboxylic acids is 2. The molecule has 0 aromatic rings. The van der Waals surface area contributed by atoms with Crippen LogP contribution in [0.25, 0.3) is 0 Å². The van der Waals surface area contributed by atoms with E-state index in [4.69, 9.17) is 15.2 Å². The predicted molar refractivity (Wildman–Crippen MR) is 42.1 cm³/mol. The fourth-order valence-electron chi connectivity index (χ4n) is 0.778. The highest BCUT2D eigenvalue weighted by atomic mass is 32.2. The number of hydrogen-bond acceptors (Lipinski definition) is 5. The maximum atomic E-state index is 10.6. The summed E-state index contributed by atoms with van der Waals surface area (Å²) in [5.74, 6) is -0.934. The van der Waals surface area contributed by atoms with E-state index in [-0.39, 0.29) is 12.6 Å². The first-order chi connectivity index (χ1) is 5.59. The van der Waals surface area contributed by atoms with Gasteiger partial charge in [0.05, 0.1) is 6.61 Å². The maximum Gasteiger partial charge on any atom is 0.303 e. The van der Waals surface area contributed by atoms with Crippen LogP contribution >= 0.6 is 11.8 Å². The lowest BCUT2D eigenvalue weighted by atomic mass is 10.6. The molecule has 1 aliphatic heterocycles. The van der Waals surface area contributed by atoms with E-state index in [1.54, 1.807) is 0 Å². The lowest BCUT2D eigenvalue weighted by Gasteiger charge is -2.06. The summed E-state index contributed by atoms with van der Waals surface area (Å²) < 4.78 is 9.72. The molecular formula is C6H9NO4S. The average molecular weight is 191 g/mol. The highest BCUT2D eigenvalue weighted by Gasteiger charge is 2.31. The fourth-order valence-corrected chi connectivity index (χ4v) is 1.69. The topological polar surface area (TPSA) is 78.6 Å². The van der Waals surface area contributed by atoms with E-state index in [1.807, 2.05) is 0 Å². The second kappa shape index (κ2) is 3.77. The summed E-state index contributed by atoms with van der Waals surface area (Å²) in [7, 11) is 0. The van der Waals surface area contributed by atoms with Gasteiger partial charge in [0.2, 0.25) is 0 Å². The third-order valence-corrected chi connectivity index (χ3v) is 2.34. The second-order valence-corrected chi connectivity index (χ2v) is 3.47.